The number of nitrogens with zero attached hydrogens (tertiary/aromatic N) is 3. The topological polar surface area (TPSA) is 79.6 Å². The number of anilines is 1. The van der Waals surface area contributed by atoms with E-state index in [9.17, 15) is 9.90 Å². The maximum absolute atomic E-state index is 13.0. The molecule has 160 valence electrons. The molecule has 0 atom stereocenters. The molecule has 1 fully saturated rings. The highest BCUT2D eigenvalue weighted by Crippen LogP contribution is 2.30. The van der Waals surface area contributed by atoms with Crippen LogP contribution in [0.15, 0.2) is 54.3 Å². The minimum atomic E-state index is -0.364. The first-order chi connectivity index (χ1) is 15.2. The van der Waals surface area contributed by atoms with Crippen molar-refractivity contribution in [1.82, 2.24) is 14.5 Å². The SMILES string of the molecule is O=C(Nc1ccc(OCCN2CCCC2)cc1)C1=C(O)CCn2c1nc1ccccc12. The van der Waals surface area contributed by atoms with Gasteiger partial charge in [-0.1, -0.05) is 12.1 Å². The second-order valence-corrected chi connectivity index (χ2v) is 8.02. The molecule has 0 saturated carbocycles. The maximum atomic E-state index is 13.0. The van der Waals surface area contributed by atoms with E-state index in [-0.39, 0.29) is 17.2 Å². The van der Waals surface area contributed by atoms with E-state index in [2.05, 4.69) is 15.2 Å². The van der Waals surface area contributed by atoms with Gasteiger partial charge in [-0.05, 0) is 62.3 Å². The third-order valence-corrected chi connectivity index (χ3v) is 5.95. The van der Waals surface area contributed by atoms with Gasteiger partial charge in [-0.25, -0.2) is 4.98 Å². The molecule has 1 saturated heterocycles. The normalized spacial score (nSPS) is 16.5. The summed E-state index contributed by atoms with van der Waals surface area (Å²) in [5.74, 6) is 0.988. The van der Waals surface area contributed by atoms with E-state index in [0.717, 1.165) is 36.4 Å². The van der Waals surface area contributed by atoms with Crippen LogP contribution in [0.3, 0.4) is 0 Å². The number of rotatable bonds is 6. The highest BCUT2D eigenvalue weighted by atomic mass is 16.5. The van der Waals surface area contributed by atoms with Gasteiger partial charge in [0.25, 0.3) is 5.91 Å². The van der Waals surface area contributed by atoms with E-state index in [1.54, 1.807) is 0 Å². The van der Waals surface area contributed by atoms with E-state index in [4.69, 9.17) is 4.74 Å². The molecular weight excluding hydrogens is 392 g/mol. The van der Waals surface area contributed by atoms with E-state index in [1.165, 1.54) is 12.8 Å². The Hall–Kier alpha value is -3.32. The van der Waals surface area contributed by atoms with Crippen LogP contribution in [0.5, 0.6) is 5.75 Å². The second-order valence-electron chi connectivity index (χ2n) is 8.02. The summed E-state index contributed by atoms with van der Waals surface area (Å²) in [5, 5.41) is 13.3. The first-order valence-electron chi connectivity index (χ1n) is 10.8. The number of para-hydroxylation sites is 2. The molecule has 2 aliphatic rings. The van der Waals surface area contributed by atoms with Crippen molar-refractivity contribution in [3.8, 4) is 5.75 Å². The molecule has 3 aromatic rings. The summed E-state index contributed by atoms with van der Waals surface area (Å²) >= 11 is 0. The van der Waals surface area contributed by atoms with Gasteiger partial charge in [0.15, 0.2) is 0 Å². The monoisotopic (exact) mass is 418 g/mol. The number of aromatic nitrogens is 2. The zero-order valence-corrected chi connectivity index (χ0v) is 17.4. The number of likely N-dealkylation sites (tertiary alicyclic amines) is 1. The minimum absolute atomic E-state index is 0.0715. The number of amides is 1. The Morgan fingerprint density at radius 2 is 1.84 bits per heavy atom. The molecule has 2 aliphatic heterocycles. The third kappa shape index (κ3) is 4.01. The van der Waals surface area contributed by atoms with Crippen LogP contribution in [0.25, 0.3) is 16.6 Å². The summed E-state index contributed by atoms with van der Waals surface area (Å²) in [6.45, 7) is 4.51. The fourth-order valence-electron chi connectivity index (χ4n) is 4.32. The molecule has 3 heterocycles. The highest BCUT2D eigenvalue weighted by molar-refractivity contribution is 6.25. The van der Waals surface area contributed by atoms with E-state index in [0.29, 0.717) is 31.1 Å². The Kier molecular flexibility index (Phi) is 5.34. The van der Waals surface area contributed by atoms with Crippen molar-refractivity contribution in [1.29, 1.82) is 0 Å². The standard InChI is InChI=1S/C24H26N4O3/c29-21-11-14-28-20-6-2-1-5-19(20)26-23(28)22(21)24(30)25-17-7-9-18(10-8-17)31-16-15-27-12-3-4-13-27/h1-2,5-10,29H,3-4,11-16H2,(H,25,30). The quantitative estimate of drug-likeness (QED) is 0.636. The van der Waals surface area contributed by atoms with Gasteiger partial charge in [0, 0.05) is 25.2 Å². The number of fused-ring (bicyclic) bond motifs is 3. The lowest BCUT2D eigenvalue weighted by Crippen LogP contribution is -2.25. The van der Waals surface area contributed by atoms with Crippen LogP contribution in [0.2, 0.25) is 0 Å². The van der Waals surface area contributed by atoms with Crippen LogP contribution in [0, 0.1) is 0 Å². The third-order valence-electron chi connectivity index (χ3n) is 5.95. The molecular formula is C24H26N4O3. The molecule has 0 spiro atoms. The summed E-state index contributed by atoms with van der Waals surface area (Å²) in [7, 11) is 0. The highest BCUT2D eigenvalue weighted by Gasteiger charge is 2.28. The largest absolute Gasteiger partial charge is 0.511 e. The molecule has 0 bridgehead atoms. The van der Waals surface area contributed by atoms with Crippen molar-refractivity contribution >= 4 is 28.2 Å². The number of aliphatic hydroxyl groups is 1. The first kappa shape index (κ1) is 19.6. The number of carbonyl (C=O) groups excluding carboxylic acids is 1. The Balaban J connectivity index is 1.26. The van der Waals surface area contributed by atoms with Gasteiger partial charge in [-0.3, -0.25) is 9.69 Å². The number of hydrogen-bond acceptors (Lipinski definition) is 5. The molecule has 0 aliphatic carbocycles. The summed E-state index contributed by atoms with van der Waals surface area (Å²) in [5.41, 5.74) is 2.65. The van der Waals surface area contributed by atoms with E-state index < -0.39 is 0 Å². The lowest BCUT2D eigenvalue weighted by molar-refractivity contribution is -0.111. The molecule has 1 amide bonds. The second kappa shape index (κ2) is 8.43. The number of benzene rings is 2. The zero-order chi connectivity index (χ0) is 21.2. The van der Waals surface area contributed by atoms with Crippen molar-refractivity contribution in [2.24, 2.45) is 0 Å². The van der Waals surface area contributed by atoms with Gasteiger partial charge in [0.1, 0.15) is 29.5 Å². The minimum Gasteiger partial charge on any atom is -0.511 e. The summed E-state index contributed by atoms with van der Waals surface area (Å²) in [6.07, 6.45) is 2.95. The number of ether oxygens (including phenoxy) is 1. The number of nitrogens with one attached hydrogen (secondary N) is 1. The number of carbonyl (C=O) groups is 1. The Labute approximate surface area is 181 Å². The van der Waals surface area contributed by atoms with Gasteiger partial charge in [0.2, 0.25) is 0 Å². The average molecular weight is 418 g/mol. The van der Waals surface area contributed by atoms with Gasteiger partial charge in [0.05, 0.1) is 11.0 Å². The van der Waals surface area contributed by atoms with E-state index >= 15 is 0 Å². The van der Waals surface area contributed by atoms with Gasteiger partial charge < -0.3 is 19.7 Å². The van der Waals surface area contributed by atoms with Gasteiger partial charge in [-0.15, -0.1) is 0 Å². The maximum Gasteiger partial charge on any atom is 0.262 e. The van der Waals surface area contributed by atoms with Gasteiger partial charge in [-0.2, -0.15) is 0 Å². The molecule has 2 N–H and O–H groups in total. The van der Waals surface area contributed by atoms with Crippen LogP contribution in [0.4, 0.5) is 5.69 Å². The van der Waals surface area contributed by atoms with Crippen molar-refractivity contribution in [2.45, 2.75) is 25.8 Å². The number of hydrogen-bond donors (Lipinski definition) is 2. The molecule has 2 aromatic carbocycles. The molecule has 31 heavy (non-hydrogen) atoms. The predicted molar refractivity (Wildman–Crippen MR) is 120 cm³/mol. The zero-order valence-electron chi connectivity index (χ0n) is 17.4. The van der Waals surface area contributed by atoms with Crippen molar-refractivity contribution < 1.29 is 14.6 Å². The molecule has 7 heteroatoms. The van der Waals surface area contributed by atoms with Crippen LogP contribution < -0.4 is 10.1 Å². The number of imidazole rings is 1. The summed E-state index contributed by atoms with van der Waals surface area (Å²) in [4.78, 5) is 20.0. The van der Waals surface area contributed by atoms with Crippen molar-refractivity contribution in [3.63, 3.8) is 0 Å². The number of aliphatic hydroxyl groups excluding tert-OH is 1. The first-order valence-corrected chi connectivity index (χ1v) is 10.8. The molecule has 1 aromatic heterocycles. The average Bonchev–Trinajstić information content (AvgIpc) is 3.42. The molecule has 5 rings (SSSR count). The lowest BCUT2D eigenvalue weighted by atomic mass is 10.1. The Bertz CT molecular complexity index is 1130. The number of aryl methyl sites for hydroxylation is 1. The molecule has 0 radical (unpaired) electrons. The summed E-state index contributed by atoms with van der Waals surface area (Å²) in [6, 6.07) is 15.1. The van der Waals surface area contributed by atoms with Crippen LogP contribution >= 0.6 is 0 Å². The fraction of sp³-hybridized carbons (Fsp3) is 0.333. The molecule has 7 nitrogen and oxygen atoms in total. The fourth-order valence-corrected chi connectivity index (χ4v) is 4.32. The van der Waals surface area contributed by atoms with Crippen molar-refractivity contribution in [3.05, 3.63) is 60.1 Å². The smallest absolute Gasteiger partial charge is 0.262 e. The lowest BCUT2D eigenvalue weighted by Gasteiger charge is -2.18. The number of allylic oxidation sites excluding steroid dienone is 1. The molecule has 0 unspecified atom stereocenters. The van der Waals surface area contributed by atoms with Crippen LogP contribution in [0.1, 0.15) is 25.1 Å². The van der Waals surface area contributed by atoms with Crippen LogP contribution in [-0.4, -0.2) is 51.7 Å². The summed E-state index contributed by atoms with van der Waals surface area (Å²) < 4.78 is 7.81. The Morgan fingerprint density at radius 3 is 2.65 bits per heavy atom. The Morgan fingerprint density at radius 1 is 1.06 bits per heavy atom. The van der Waals surface area contributed by atoms with Gasteiger partial charge >= 0.3 is 0 Å². The van der Waals surface area contributed by atoms with Crippen LogP contribution in [-0.2, 0) is 11.3 Å². The van der Waals surface area contributed by atoms with Crippen molar-refractivity contribution in [2.75, 3.05) is 31.6 Å². The predicted octanol–water partition coefficient (Wildman–Crippen LogP) is 3.82. The van der Waals surface area contributed by atoms with E-state index in [1.807, 2.05) is 53.1 Å².